The summed E-state index contributed by atoms with van der Waals surface area (Å²) in [5.41, 5.74) is 3.29. The molecule has 0 saturated carbocycles. The molecule has 0 fully saturated rings. The molecule has 98 valence electrons. The molecule has 0 bridgehead atoms. The third kappa shape index (κ3) is 3.22. The van der Waals surface area contributed by atoms with Crippen LogP contribution in [0.2, 0.25) is 0 Å². The fourth-order valence-corrected chi connectivity index (χ4v) is 2.25. The van der Waals surface area contributed by atoms with Crippen LogP contribution in [0.25, 0.3) is 0 Å². The Hall–Kier alpha value is -2.09. The van der Waals surface area contributed by atoms with Gasteiger partial charge in [-0.15, -0.1) is 0 Å². The van der Waals surface area contributed by atoms with Crippen LogP contribution in [0.4, 0.5) is 0 Å². The van der Waals surface area contributed by atoms with Crippen LogP contribution in [0.3, 0.4) is 0 Å². The normalized spacial score (nSPS) is 11.9. The second-order valence-corrected chi connectivity index (χ2v) is 4.67. The first-order valence-electron chi connectivity index (χ1n) is 6.38. The van der Waals surface area contributed by atoms with Crippen molar-refractivity contribution in [1.82, 2.24) is 0 Å². The Morgan fingerprint density at radius 3 is 2.63 bits per heavy atom. The van der Waals surface area contributed by atoms with Crippen molar-refractivity contribution in [2.24, 2.45) is 0 Å². The van der Waals surface area contributed by atoms with E-state index in [1.54, 1.807) is 7.11 Å². The molecule has 0 saturated heterocycles. The molecule has 2 aromatic carbocycles. The average molecular weight is 254 g/mol. The fourth-order valence-electron chi connectivity index (χ4n) is 2.25. The van der Waals surface area contributed by atoms with Crippen molar-refractivity contribution in [3.63, 3.8) is 0 Å². The molecule has 0 amide bonds. The van der Waals surface area contributed by atoms with Gasteiger partial charge in [0.15, 0.2) is 0 Å². The lowest BCUT2D eigenvalue weighted by Gasteiger charge is -2.14. The molecule has 2 rings (SSSR count). The first-order chi connectivity index (χ1) is 9.24. The summed E-state index contributed by atoms with van der Waals surface area (Å²) in [6.07, 6.45) is 1.68. The van der Waals surface area contributed by atoms with Gasteiger partial charge in [-0.3, -0.25) is 0 Å². The number of hydrogen-bond acceptors (Lipinski definition) is 2. The molecule has 19 heavy (non-hydrogen) atoms. The maximum atomic E-state index is 11.4. The van der Waals surface area contributed by atoms with Crippen molar-refractivity contribution in [1.29, 1.82) is 0 Å². The summed E-state index contributed by atoms with van der Waals surface area (Å²) in [4.78, 5) is 11.4. The fraction of sp³-hybridized carbons (Fsp3) is 0.235. The molecule has 2 heteroatoms. The summed E-state index contributed by atoms with van der Waals surface area (Å²) in [7, 11) is 1.65. The van der Waals surface area contributed by atoms with Crippen LogP contribution in [0.15, 0.2) is 48.5 Å². The number of carbonyl (C=O) groups excluding carboxylic acids is 1. The maximum Gasteiger partial charge on any atom is 0.127 e. The van der Waals surface area contributed by atoms with Gasteiger partial charge in [0, 0.05) is 5.92 Å². The molecule has 0 radical (unpaired) electrons. The van der Waals surface area contributed by atoms with Crippen LogP contribution in [0, 0.1) is 6.92 Å². The van der Waals surface area contributed by atoms with Crippen molar-refractivity contribution >= 4 is 6.29 Å². The minimum Gasteiger partial charge on any atom is -0.496 e. The predicted octanol–water partition coefficient (Wildman–Crippen LogP) is 3.53. The first kappa shape index (κ1) is 13.3. The van der Waals surface area contributed by atoms with Gasteiger partial charge in [-0.2, -0.15) is 0 Å². The van der Waals surface area contributed by atoms with Gasteiger partial charge in [0.25, 0.3) is 0 Å². The van der Waals surface area contributed by atoms with Crippen molar-refractivity contribution in [3.8, 4) is 5.75 Å². The van der Waals surface area contributed by atoms with Crippen molar-refractivity contribution in [2.45, 2.75) is 19.3 Å². The Labute approximate surface area is 114 Å². The van der Waals surface area contributed by atoms with Gasteiger partial charge in [0.2, 0.25) is 0 Å². The van der Waals surface area contributed by atoms with E-state index in [1.165, 1.54) is 5.56 Å². The molecule has 0 spiro atoms. The topological polar surface area (TPSA) is 26.3 Å². The van der Waals surface area contributed by atoms with Gasteiger partial charge in [-0.05, 0) is 30.5 Å². The number of aryl methyl sites for hydroxylation is 1. The van der Waals surface area contributed by atoms with Crippen molar-refractivity contribution < 1.29 is 9.53 Å². The molecule has 2 aromatic rings. The zero-order chi connectivity index (χ0) is 13.7. The van der Waals surface area contributed by atoms with Gasteiger partial charge >= 0.3 is 0 Å². The number of ether oxygens (including phenoxy) is 1. The molecular formula is C17H18O2. The Kier molecular flexibility index (Phi) is 4.35. The molecule has 1 unspecified atom stereocenters. The van der Waals surface area contributed by atoms with Crippen LogP contribution in [0.1, 0.15) is 22.6 Å². The molecule has 2 nitrogen and oxygen atoms in total. The predicted molar refractivity (Wildman–Crippen MR) is 76.7 cm³/mol. The zero-order valence-electron chi connectivity index (χ0n) is 11.3. The van der Waals surface area contributed by atoms with Gasteiger partial charge in [-0.25, -0.2) is 0 Å². The first-order valence-corrected chi connectivity index (χ1v) is 6.38. The van der Waals surface area contributed by atoms with E-state index >= 15 is 0 Å². The SMILES string of the molecule is COc1ccccc1CC(C=O)c1cccc(C)c1. The number of benzene rings is 2. The molecular weight excluding hydrogens is 236 g/mol. The lowest BCUT2D eigenvalue weighted by Crippen LogP contribution is -2.06. The number of carbonyl (C=O) groups is 1. The molecule has 0 aliphatic carbocycles. The van der Waals surface area contributed by atoms with E-state index in [-0.39, 0.29) is 5.92 Å². The Morgan fingerprint density at radius 2 is 1.95 bits per heavy atom. The molecule has 0 aromatic heterocycles. The number of methoxy groups -OCH3 is 1. The zero-order valence-corrected chi connectivity index (χ0v) is 11.3. The second-order valence-electron chi connectivity index (χ2n) is 4.67. The summed E-state index contributed by atoms with van der Waals surface area (Å²) in [5, 5.41) is 0. The second kappa shape index (κ2) is 6.19. The summed E-state index contributed by atoms with van der Waals surface area (Å²) in [6, 6.07) is 15.9. The lowest BCUT2D eigenvalue weighted by molar-refractivity contribution is -0.109. The van der Waals surface area contributed by atoms with Crippen molar-refractivity contribution in [3.05, 3.63) is 65.2 Å². The van der Waals surface area contributed by atoms with E-state index in [9.17, 15) is 4.79 Å². The number of rotatable bonds is 5. The summed E-state index contributed by atoms with van der Waals surface area (Å²) in [5.74, 6) is 0.707. The Balaban J connectivity index is 2.26. The monoisotopic (exact) mass is 254 g/mol. The highest BCUT2D eigenvalue weighted by molar-refractivity contribution is 5.63. The highest BCUT2D eigenvalue weighted by Gasteiger charge is 2.13. The minimum atomic E-state index is -0.129. The Morgan fingerprint density at radius 1 is 1.16 bits per heavy atom. The van der Waals surface area contributed by atoms with E-state index in [2.05, 4.69) is 6.07 Å². The third-order valence-electron chi connectivity index (χ3n) is 3.27. The van der Waals surface area contributed by atoms with Crippen LogP contribution in [-0.4, -0.2) is 13.4 Å². The summed E-state index contributed by atoms with van der Waals surface area (Å²) >= 11 is 0. The van der Waals surface area contributed by atoms with E-state index in [0.717, 1.165) is 23.2 Å². The highest BCUT2D eigenvalue weighted by atomic mass is 16.5. The third-order valence-corrected chi connectivity index (χ3v) is 3.27. The van der Waals surface area contributed by atoms with Gasteiger partial charge in [0.1, 0.15) is 12.0 Å². The van der Waals surface area contributed by atoms with Crippen LogP contribution in [0.5, 0.6) is 5.75 Å². The van der Waals surface area contributed by atoms with Gasteiger partial charge < -0.3 is 9.53 Å². The van der Waals surface area contributed by atoms with Gasteiger partial charge in [0.05, 0.1) is 7.11 Å². The minimum absolute atomic E-state index is 0.129. The largest absolute Gasteiger partial charge is 0.496 e. The smallest absolute Gasteiger partial charge is 0.127 e. The number of hydrogen-bond donors (Lipinski definition) is 0. The van der Waals surface area contributed by atoms with E-state index < -0.39 is 0 Å². The van der Waals surface area contributed by atoms with E-state index in [0.29, 0.717) is 6.42 Å². The number of aldehydes is 1. The summed E-state index contributed by atoms with van der Waals surface area (Å²) in [6.45, 7) is 2.04. The molecule has 0 heterocycles. The Bertz CT molecular complexity index is 561. The molecule has 0 aliphatic rings. The number of para-hydroxylation sites is 1. The maximum absolute atomic E-state index is 11.4. The van der Waals surface area contributed by atoms with E-state index in [1.807, 2.05) is 49.4 Å². The quantitative estimate of drug-likeness (QED) is 0.763. The van der Waals surface area contributed by atoms with Crippen LogP contribution in [-0.2, 0) is 11.2 Å². The highest BCUT2D eigenvalue weighted by Crippen LogP contribution is 2.25. The lowest BCUT2D eigenvalue weighted by atomic mass is 9.92. The molecule has 0 aliphatic heterocycles. The van der Waals surface area contributed by atoms with Crippen LogP contribution >= 0.6 is 0 Å². The average Bonchev–Trinajstić information content (AvgIpc) is 2.45. The molecule has 1 atom stereocenters. The van der Waals surface area contributed by atoms with Crippen LogP contribution < -0.4 is 4.74 Å². The van der Waals surface area contributed by atoms with Crippen molar-refractivity contribution in [2.75, 3.05) is 7.11 Å². The van der Waals surface area contributed by atoms with Gasteiger partial charge in [-0.1, -0.05) is 48.0 Å². The summed E-state index contributed by atoms with van der Waals surface area (Å²) < 4.78 is 5.33. The van der Waals surface area contributed by atoms with E-state index in [4.69, 9.17) is 4.74 Å². The standard InChI is InChI=1S/C17H18O2/c1-13-6-5-8-14(10-13)16(12-18)11-15-7-3-4-9-17(15)19-2/h3-10,12,16H,11H2,1-2H3. The molecule has 0 N–H and O–H groups in total.